The Bertz CT molecular complexity index is 908. The second kappa shape index (κ2) is 7.65. The summed E-state index contributed by atoms with van der Waals surface area (Å²) in [5, 5.41) is 19.7. The third kappa shape index (κ3) is 4.04. The van der Waals surface area contributed by atoms with Gasteiger partial charge in [0, 0.05) is 0 Å². The van der Waals surface area contributed by atoms with Crippen molar-refractivity contribution in [2.75, 3.05) is 13.1 Å². The number of nitrogens with zero attached hydrogens (tertiary/aromatic N) is 1. The second-order valence-corrected chi connectivity index (χ2v) is 9.93. The molecule has 2 aliphatic rings. The van der Waals surface area contributed by atoms with E-state index >= 15 is 0 Å². The molecule has 0 spiro atoms. The minimum atomic E-state index is -0.986. The van der Waals surface area contributed by atoms with Crippen LogP contribution in [0.2, 0.25) is 6.32 Å². The monoisotopic (exact) mass is 481 g/mol. The van der Waals surface area contributed by atoms with Crippen LogP contribution < -0.4 is 31.3 Å². The zero-order valence-electron chi connectivity index (χ0n) is 14.5. The predicted molar refractivity (Wildman–Crippen MR) is 95.3 cm³/mol. The standard InChI is InChI=1S/C18H19BIN2O5/c23-15-4-1-11(7-21-15)8-22-9-13(10-22)27-14-3-2-12-5-6-19(26)20-17(12)16(14)18(24)25/h1-4,7,13,26H,5-6,8-10H2,(H,21,23)(H,24,25)/q-1. The van der Waals surface area contributed by atoms with Crippen LogP contribution >= 0.6 is 0 Å². The zero-order valence-corrected chi connectivity index (χ0v) is 16.7. The number of aromatic carboxylic acids is 1. The van der Waals surface area contributed by atoms with Crippen molar-refractivity contribution in [1.29, 1.82) is 0 Å². The normalized spacial score (nSPS) is 17.6. The van der Waals surface area contributed by atoms with Crippen LogP contribution in [0.3, 0.4) is 0 Å². The van der Waals surface area contributed by atoms with E-state index in [1.165, 1.54) is 6.07 Å². The first kappa shape index (κ1) is 18.5. The Morgan fingerprint density at radius 3 is 2.85 bits per heavy atom. The van der Waals surface area contributed by atoms with E-state index in [2.05, 4.69) is 9.88 Å². The van der Waals surface area contributed by atoms with E-state index < -0.39 is 27.0 Å². The summed E-state index contributed by atoms with van der Waals surface area (Å²) < 4.78 is 6.41. The van der Waals surface area contributed by atoms with Crippen molar-refractivity contribution in [3.8, 4) is 5.75 Å². The van der Waals surface area contributed by atoms with Gasteiger partial charge in [-0.2, -0.15) is 0 Å². The Kier molecular flexibility index (Phi) is 5.24. The van der Waals surface area contributed by atoms with Gasteiger partial charge in [-0.25, -0.2) is 0 Å². The number of H-pyrrole nitrogens is 1. The maximum atomic E-state index is 11.8. The molecule has 0 amide bonds. The molecule has 27 heavy (non-hydrogen) atoms. The molecule has 3 N–H and O–H groups in total. The van der Waals surface area contributed by atoms with Crippen molar-refractivity contribution in [3.63, 3.8) is 0 Å². The number of aromatic amines is 1. The molecule has 9 heteroatoms. The van der Waals surface area contributed by atoms with Gasteiger partial charge in [-0.1, -0.05) is 0 Å². The Balaban J connectivity index is 1.43. The van der Waals surface area contributed by atoms with E-state index in [9.17, 15) is 19.7 Å². The molecule has 2 aliphatic heterocycles. The Hall–Kier alpha value is -1.85. The number of fused-ring (bicyclic) bond motifs is 1. The van der Waals surface area contributed by atoms with E-state index in [4.69, 9.17) is 4.74 Å². The van der Waals surface area contributed by atoms with Crippen LogP contribution in [0.15, 0.2) is 35.3 Å². The fraction of sp³-hybridized carbons (Fsp3) is 0.333. The van der Waals surface area contributed by atoms with Crippen LogP contribution in [-0.2, 0) is 13.0 Å². The van der Waals surface area contributed by atoms with E-state index in [0.717, 1.165) is 14.7 Å². The van der Waals surface area contributed by atoms with Crippen molar-refractivity contribution >= 4 is 10.7 Å². The Morgan fingerprint density at radius 2 is 2.15 bits per heavy atom. The number of aryl methyl sites for hydroxylation is 1. The van der Waals surface area contributed by atoms with Crippen LogP contribution in [0.1, 0.15) is 21.5 Å². The van der Waals surface area contributed by atoms with Crippen molar-refractivity contribution in [1.82, 2.24) is 9.88 Å². The first-order valence-electron chi connectivity index (χ1n) is 8.77. The average molecular weight is 481 g/mol. The van der Waals surface area contributed by atoms with Gasteiger partial charge in [0.15, 0.2) is 0 Å². The molecule has 1 aromatic heterocycles. The first-order chi connectivity index (χ1) is 13.0. The van der Waals surface area contributed by atoms with Crippen LogP contribution in [0, 0.1) is 3.57 Å². The van der Waals surface area contributed by atoms with Crippen LogP contribution in [0.4, 0.5) is 0 Å². The fourth-order valence-electron chi connectivity index (χ4n) is 3.38. The van der Waals surface area contributed by atoms with Gasteiger partial charge in [-0.3, -0.25) is 4.79 Å². The van der Waals surface area contributed by atoms with Crippen molar-refractivity contribution in [2.45, 2.75) is 25.4 Å². The van der Waals surface area contributed by atoms with Gasteiger partial charge in [-0.15, -0.1) is 0 Å². The van der Waals surface area contributed by atoms with E-state index in [-0.39, 0.29) is 22.0 Å². The molecule has 0 aliphatic carbocycles. The van der Waals surface area contributed by atoms with Gasteiger partial charge in [0.2, 0.25) is 0 Å². The van der Waals surface area contributed by atoms with Gasteiger partial charge in [0.25, 0.3) is 0 Å². The predicted octanol–water partition coefficient (Wildman–Crippen LogP) is -2.37. The number of rotatable bonds is 5. The summed E-state index contributed by atoms with van der Waals surface area (Å²) in [6, 6.07) is 7.01. The number of carbonyl (C=O) groups is 1. The summed E-state index contributed by atoms with van der Waals surface area (Å²) in [4.78, 5) is 27.8. The summed E-state index contributed by atoms with van der Waals surface area (Å²) in [6.45, 7) is 2.12. The quantitative estimate of drug-likeness (QED) is 0.326. The molecule has 1 saturated heterocycles. The number of ether oxygens (including phenoxy) is 1. The van der Waals surface area contributed by atoms with Crippen molar-refractivity contribution < 1.29 is 40.7 Å². The van der Waals surface area contributed by atoms with Crippen LogP contribution in [0.5, 0.6) is 5.75 Å². The summed E-state index contributed by atoms with van der Waals surface area (Å²) >= 11 is -0.743. The Labute approximate surface area is 166 Å². The summed E-state index contributed by atoms with van der Waals surface area (Å²) in [7, 11) is 0. The third-order valence-corrected chi connectivity index (χ3v) is 7.95. The number of hydrogen-bond acceptors (Lipinski definition) is 5. The first-order valence-corrected chi connectivity index (χ1v) is 11.1. The number of benzene rings is 1. The maximum absolute atomic E-state index is 11.8. The van der Waals surface area contributed by atoms with Gasteiger partial charge < -0.3 is 0 Å². The zero-order chi connectivity index (χ0) is 19.0. The molecular weight excluding hydrogens is 462 g/mol. The van der Waals surface area contributed by atoms with Crippen molar-refractivity contribution in [2.24, 2.45) is 0 Å². The summed E-state index contributed by atoms with van der Waals surface area (Å²) in [6.07, 6.45) is 3.07. The van der Waals surface area contributed by atoms with Gasteiger partial charge in [-0.05, 0) is 0 Å². The molecule has 142 valence electrons. The molecule has 1 aromatic carbocycles. The topological polar surface area (TPSA) is 103 Å². The number of aromatic nitrogens is 1. The van der Waals surface area contributed by atoms with Crippen LogP contribution in [0.25, 0.3) is 0 Å². The minimum absolute atomic E-state index is 0.0596. The SMILES string of the molecule is O=C(O)c1c(OC2CN(Cc3ccc(=O)[nH]c3)C2)ccc2c1[I-]B(O)CC2. The number of hydrogen-bond donors (Lipinski definition) is 3. The second-order valence-electron chi connectivity index (χ2n) is 6.79. The molecule has 4 rings (SSSR count). The number of carboxylic acids is 1. The molecule has 2 aromatic rings. The molecule has 0 saturated carbocycles. The molecule has 7 nitrogen and oxygen atoms in total. The molecule has 0 radical (unpaired) electrons. The molecule has 0 unspecified atom stereocenters. The van der Waals surface area contributed by atoms with Gasteiger partial charge in [0.05, 0.1) is 0 Å². The van der Waals surface area contributed by atoms with Crippen molar-refractivity contribution in [3.05, 3.63) is 61.1 Å². The fourth-order valence-corrected chi connectivity index (χ4v) is 6.38. The number of carboxylic acid groups (broad SMARTS) is 1. The molecule has 1 fully saturated rings. The number of nitrogens with one attached hydrogen (secondary N) is 1. The number of likely N-dealkylation sites (tertiary alicyclic amines) is 1. The van der Waals surface area contributed by atoms with Crippen LogP contribution in [-0.4, -0.2) is 49.9 Å². The molecular formula is C18H19BIN2O5-. The van der Waals surface area contributed by atoms with E-state index in [1.807, 2.05) is 6.07 Å². The molecule has 0 atom stereocenters. The number of halogens is 1. The molecule has 0 bridgehead atoms. The van der Waals surface area contributed by atoms with E-state index in [1.54, 1.807) is 18.3 Å². The van der Waals surface area contributed by atoms with E-state index in [0.29, 0.717) is 38.1 Å². The third-order valence-electron chi connectivity index (χ3n) is 4.76. The number of pyridine rings is 1. The van der Waals surface area contributed by atoms with Gasteiger partial charge in [0.1, 0.15) is 0 Å². The average Bonchev–Trinajstić information content (AvgIpc) is 2.60. The Morgan fingerprint density at radius 1 is 1.33 bits per heavy atom. The summed E-state index contributed by atoms with van der Waals surface area (Å²) in [5.74, 6) is -0.580. The molecule has 3 heterocycles. The van der Waals surface area contributed by atoms with Gasteiger partial charge >= 0.3 is 162 Å². The summed E-state index contributed by atoms with van der Waals surface area (Å²) in [5.41, 5.74) is 2.17.